The summed E-state index contributed by atoms with van der Waals surface area (Å²) < 4.78 is 39.3. The van der Waals surface area contributed by atoms with Crippen molar-refractivity contribution in [2.45, 2.75) is 46.8 Å². The highest BCUT2D eigenvalue weighted by molar-refractivity contribution is 7.99. The number of ether oxygens (including phenoxy) is 2. The van der Waals surface area contributed by atoms with Crippen LogP contribution in [0.4, 0.5) is 0 Å². The summed E-state index contributed by atoms with van der Waals surface area (Å²) in [5, 5.41) is 12.8. The number of sulfonamides is 1. The summed E-state index contributed by atoms with van der Waals surface area (Å²) in [6, 6.07) is 14.9. The first-order valence-electron chi connectivity index (χ1n) is 10.5. The highest BCUT2D eigenvalue weighted by Gasteiger charge is 2.49. The molecule has 0 spiro atoms. The van der Waals surface area contributed by atoms with Gasteiger partial charge in [0.05, 0.1) is 24.7 Å². The molecule has 7 nitrogen and oxygen atoms in total. The molecular weight excluding hydrogens is 436 g/mol. The summed E-state index contributed by atoms with van der Waals surface area (Å²) in [5.74, 6) is -1.89. The lowest BCUT2D eigenvalue weighted by atomic mass is 10.1. The van der Waals surface area contributed by atoms with Crippen LogP contribution < -0.4 is 0 Å². The lowest BCUT2D eigenvalue weighted by Gasteiger charge is -2.46. The smallest absolute Gasteiger partial charge is 0.260 e. The van der Waals surface area contributed by atoms with Gasteiger partial charge in [0, 0.05) is 29.3 Å². The van der Waals surface area contributed by atoms with Gasteiger partial charge in [0.2, 0.25) is 0 Å². The quantitative estimate of drug-likeness (QED) is 0.658. The van der Waals surface area contributed by atoms with Gasteiger partial charge in [-0.3, -0.25) is 0 Å². The standard InChI is InChI=1S/C22H28N2O5S2/c1-18-4-6-19(7-5-18)30-20-8-10-21(11-9-20)31(26,27)24(23-13-16-28-17-14-23)22(25)12-2-3-15-29-22/h4-11,25H,2-3,12-17H2,1H3/t22-/m1/s1. The van der Waals surface area contributed by atoms with Crippen molar-refractivity contribution in [3.63, 3.8) is 0 Å². The number of rotatable bonds is 6. The van der Waals surface area contributed by atoms with E-state index in [2.05, 4.69) is 0 Å². The molecule has 9 heteroatoms. The normalized spacial score (nSPS) is 23.2. The minimum atomic E-state index is -4.03. The van der Waals surface area contributed by atoms with Crippen molar-refractivity contribution in [3.8, 4) is 0 Å². The second kappa shape index (κ2) is 9.58. The zero-order chi connectivity index (χ0) is 21.9. The van der Waals surface area contributed by atoms with Crippen LogP contribution in [0, 0.1) is 6.92 Å². The van der Waals surface area contributed by atoms with Crippen molar-refractivity contribution in [2.24, 2.45) is 0 Å². The van der Waals surface area contributed by atoms with E-state index < -0.39 is 15.9 Å². The Bertz CT molecular complexity index is 968. The Morgan fingerprint density at radius 2 is 1.58 bits per heavy atom. The topological polar surface area (TPSA) is 79.3 Å². The van der Waals surface area contributed by atoms with Crippen LogP contribution in [-0.2, 0) is 19.5 Å². The summed E-state index contributed by atoms with van der Waals surface area (Å²) in [7, 11) is -4.03. The third kappa shape index (κ3) is 5.14. The number of hydrogen-bond acceptors (Lipinski definition) is 7. The molecule has 2 fully saturated rings. The molecule has 1 atom stereocenters. The van der Waals surface area contributed by atoms with E-state index in [0.717, 1.165) is 20.6 Å². The van der Waals surface area contributed by atoms with Crippen molar-refractivity contribution in [3.05, 3.63) is 54.1 Å². The molecule has 31 heavy (non-hydrogen) atoms. The third-order valence-corrected chi connectivity index (χ3v) is 8.23. The molecule has 2 aromatic carbocycles. The summed E-state index contributed by atoms with van der Waals surface area (Å²) in [5.41, 5.74) is 1.19. The van der Waals surface area contributed by atoms with Crippen molar-refractivity contribution >= 4 is 21.8 Å². The maximum absolute atomic E-state index is 13.6. The average Bonchev–Trinajstić information content (AvgIpc) is 2.77. The van der Waals surface area contributed by atoms with E-state index in [-0.39, 0.29) is 11.3 Å². The van der Waals surface area contributed by atoms with Gasteiger partial charge in [0.1, 0.15) is 0 Å². The molecule has 0 amide bonds. The van der Waals surface area contributed by atoms with Crippen molar-refractivity contribution < 1.29 is 23.0 Å². The number of hydrogen-bond donors (Lipinski definition) is 1. The molecule has 0 bridgehead atoms. The zero-order valence-electron chi connectivity index (χ0n) is 17.6. The van der Waals surface area contributed by atoms with Crippen LogP contribution in [0.2, 0.25) is 0 Å². The molecule has 2 saturated heterocycles. The van der Waals surface area contributed by atoms with Gasteiger partial charge in [-0.1, -0.05) is 33.9 Å². The summed E-state index contributed by atoms with van der Waals surface area (Å²) >= 11 is 1.57. The highest BCUT2D eigenvalue weighted by atomic mass is 32.2. The number of hydrazine groups is 1. The van der Waals surface area contributed by atoms with E-state index >= 15 is 0 Å². The Labute approximate surface area is 188 Å². The van der Waals surface area contributed by atoms with Crippen molar-refractivity contribution in [2.75, 3.05) is 32.9 Å². The van der Waals surface area contributed by atoms with Crippen molar-refractivity contribution in [1.29, 1.82) is 0 Å². The van der Waals surface area contributed by atoms with E-state index in [0.29, 0.717) is 39.3 Å². The van der Waals surface area contributed by atoms with Crippen LogP contribution in [0.5, 0.6) is 0 Å². The van der Waals surface area contributed by atoms with Crippen LogP contribution in [0.1, 0.15) is 24.8 Å². The fraction of sp³-hybridized carbons (Fsp3) is 0.455. The predicted octanol–water partition coefficient (Wildman–Crippen LogP) is 3.23. The molecule has 168 valence electrons. The minimum absolute atomic E-state index is 0.120. The van der Waals surface area contributed by atoms with Crippen molar-refractivity contribution in [1.82, 2.24) is 9.42 Å². The van der Waals surface area contributed by atoms with E-state index in [1.807, 2.05) is 31.2 Å². The monoisotopic (exact) mass is 464 g/mol. The van der Waals surface area contributed by atoms with Crippen LogP contribution >= 0.6 is 11.8 Å². The molecule has 0 aliphatic carbocycles. The Kier molecular flexibility index (Phi) is 7.02. The van der Waals surface area contributed by atoms with E-state index in [9.17, 15) is 13.5 Å². The maximum Gasteiger partial charge on any atom is 0.260 e. The van der Waals surface area contributed by atoms with Gasteiger partial charge in [-0.25, -0.2) is 13.4 Å². The van der Waals surface area contributed by atoms with E-state index in [1.165, 1.54) is 5.56 Å². The van der Waals surface area contributed by atoms with Crippen LogP contribution in [0.15, 0.2) is 63.2 Å². The van der Waals surface area contributed by atoms with Crippen LogP contribution in [0.3, 0.4) is 0 Å². The van der Waals surface area contributed by atoms with Gasteiger partial charge < -0.3 is 14.6 Å². The Balaban J connectivity index is 1.60. The first kappa shape index (κ1) is 22.7. The first-order chi connectivity index (χ1) is 14.9. The summed E-state index contributed by atoms with van der Waals surface area (Å²) in [6.45, 7) is 3.89. The fourth-order valence-corrected chi connectivity index (χ4v) is 6.22. The van der Waals surface area contributed by atoms with Gasteiger partial charge in [0.15, 0.2) is 0 Å². The van der Waals surface area contributed by atoms with E-state index in [4.69, 9.17) is 9.47 Å². The lowest BCUT2D eigenvalue weighted by molar-refractivity contribution is -0.329. The third-order valence-electron chi connectivity index (χ3n) is 5.38. The number of aryl methyl sites for hydroxylation is 1. The molecule has 4 rings (SSSR count). The largest absolute Gasteiger partial charge is 0.379 e. The number of nitrogens with zero attached hydrogens (tertiary/aromatic N) is 2. The molecule has 2 heterocycles. The second-order valence-electron chi connectivity index (χ2n) is 7.75. The maximum atomic E-state index is 13.6. The first-order valence-corrected chi connectivity index (χ1v) is 12.7. The zero-order valence-corrected chi connectivity index (χ0v) is 19.2. The van der Waals surface area contributed by atoms with Crippen LogP contribution in [-0.4, -0.2) is 61.8 Å². The molecule has 2 aromatic rings. The molecule has 2 aliphatic heterocycles. The van der Waals surface area contributed by atoms with Gasteiger partial charge >= 0.3 is 0 Å². The van der Waals surface area contributed by atoms with Gasteiger partial charge in [-0.15, -0.1) is 0 Å². The summed E-state index contributed by atoms with van der Waals surface area (Å²) in [6.07, 6.45) is 1.72. The Morgan fingerprint density at radius 3 is 2.16 bits per heavy atom. The second-order valence-corrected chi connectivity index (χ2v) is 10.7. The molecular formula is C22H28N2O5S2. The lowest BCUT2D eigenvalue weighted by Crippen LogP contribution is -2.64. The number of aliphatic hydroxyl groups is 1. The molecule has 0 unspecified atom stereocenters. The van der Waals surface area contributed by atoms with E-state index in [1.54, 1.807) is 41.0 Å². The van der Waals surface area contributed by atoms with Gasteiger partial charge in [-0.05, 0) is 56.2 Å². The minimum Gasteiger partial charge on any atom is -0.379 e. The predicted molar refractivity (Wildman–Crippen MR) is 118 cm³/mol. The molecule has 0 radical (unpaired) electrons. The SMILES string of the molecule is Cc1ccc(Sc2ccc(S(=O)(=O)N(N3CCOCC3)[C@@]3(O)CCCCO3)cc2)cc1. The summed E-state index contributed by atoms with van der Waals surface area (Å²) in [4.78, 5) is 2.14. The van der Waals surface area contributed by atoms with Gasteiger partial charge in [0.25, 0.3) is 15.9 Å². The Morgan fingerprint density at radius 1 is 0.968 bits per heavy atom. The molecule has 0 aromatic heterocycles. The molecule has 0 saturated carbocycles. The average molecular weight is 465 g/mol. The fourth-order valence-electron chi connectivity index (χ4n) is 3.73. The highest BCUT2D eigenvalue weighted by Crippen LogP contribution is 2.35. The number of benzene rings is 2. The van der Waals surface area contributed by atoms with Crippen LogP contribution in [0.25, 0.3) is 0 Å². The Hall–Kier alpha value is -1.46. The number of morpholine rings is 1. The van der Waals surface area contributed by atoms with Gasteiger partial charge in [-0.2, -0.15) is 0 Å². The molecule has 2 aliphatic rings. The molecule has 1 N–H and O–H groups in total.